The molecule has 1 rings (SSSR count). The van der Waals surface area contributed by atoms with E-state index in [0.717, 1.165) is 0 Å². The van der Waals surface area contributed by atoms with Gasteiger partial charge >= 0.3 is 5.97 Å². The molecule has 2 atom stereocenters. The minimum Gasteiger partial charge on any atom is -0.481 e. The maximum absolute atomic E-state index is 12.0. The molecule has 0 aromatic rings. The van der Waals surface area contributed by atoms with Gasteiger partial charge in [-0.15, -0.1) is 0 Å². The van der Waals surface area contributed by atoms with Crippen molar-refractivity contribution >= 4 is 11.9 Å². The lowest BCUT2D eigenvalue weighted by atomic mass is 9.84. The summed E-state index contributed by atoms with van der Waals surface area (Å²) in [4.78, 5) is 24.9. The van der Waals surface area contributed by atoms with E-state index in [4.69, 9.17) is 4.74 Å². The van der Waals surface area contributed by atoms with Crippen molar-refractivity contribution in [1.82, 2.24) is 4.90 Å². The molecule has 104 valence electrons. The highest BCUT2D eigenvalue weighted by Gasteiger charge is 2.44. The zero-order valence-electron chi connectivity index (χ0n) is 11.4. The topological polar surface area (TPSA) is 66.8 Å². The molecule has 0 aliphatic carbocycles. The minimum atomic E-state index is -0.787. The summed E-state index contributed by atoms with van der Waals surface area (Å²) in [6, 6.07) is 0. The van der Waals surface area contributed by atoms with Gasteiger partial charge in [0, 0.05) is 26.6 Å². The van der Waals surface area contributed by atoms with Crippen molar-refractivity contribution < 1.29 is 19.4 Å². The molecule has 0 saturated carbocycles. The zero-order chi connectivity index (χ0) is 13.8. The Bertz CT molecular complexity index is 318. The summed E-state index contributed by atoms with van der Waals surface area (Å²) >= 11 is 0. The van der Waals surface area contributed by atoms with Gasteiger partial charge in [0.25, 0.3) is 0 Å². The van der Waals surface area contributed by atoms with Crippen LogP contribution in [-0.2, 0) is 14.3 Å². The smallest absolute Gasteiger partial charge is 0.311 e. The fourth-order valence-electron chi connectivity index (χ4n) is 2.30. The summed E-state index contributed by atoms with van der Waals surface area (Å²) in [5.74, 6) is -0.749. The number of hydrogen-bond acceptors (Lipinski definition) is 3. The van der Waals surface area contributed by atoms with E-state index < -0.39 is 11.4 Å². The number of ether oxygens (including phenoxy) is 1. The Balaban J connectivity index is 2.50. The molecule has 5 nitrogen and oxygen atoms in total. The summed E-state index contributed by atoms with van der Waals surface area (Å²) in [6.07, 6.45) is 2.30. The van der Waals surface area contributed by atoms with Crippen LogP contribution in [0.15, 0.2) is 0 Å². The fraction of sp³-hybridized carbons (Fsp3) is 0.846. The van der Waals surface area contributed by atoms with Gasteiger partial charge in [-0.1, -0.05) is 6.92 Å². The number of methoxy groups -OCH3 is 1. The van der Waals surface area contributed by atoms with Crippen molar-refractivity contribution in [3.8, 4) is 0 Å². The van der Waals surface area contributed by atoms with Crippen LogP contribution in [0, 0.1) is 5.41 Å². The molecule has 0 bridgehead atoms. The summed E-state index contributed by atoms with van der Waals surface area (Å²) in [5, 5.41) is 9.26. The molecular weight excluding hydrogens is 234 g/mol. The number of carbonyl (C=O) groups is 2. The molecule has 1 amide bonds. The van der Waals surface area contributed by atoms with Crippen LogP contribution in [0.2, 0.25) is 0 Å². The first-order valence-corrected chi connectivity index (χ1v) is 6.49. The fourth-order valence-corrected chi connectivity index (χ4v) is 2.30. The number of likely N-dealkylation sites (tertiary alicyclic amines) is 1. The van der Waals surface area contributed by atoms with Crippen molar-refractivity contribution in [1.29, 1.82) is 0 Å². The van der Waals surface area contributed by atoms with Gasteiger partial charge < -0.3 is 14.7 Å². The van der Waals surface area contributed by atoms with Crippen LogP contribution >= 0.6 is 0 Å². The highest BCUT2D eigenvalue weighted by Crippen LogP contribution is 2.34. The van der Waals surface area contributed by atoms with Crippen LogP contribution in [-0.4, -0.2) is 48.2 Å². The minimum absolute atomic E-state index is 0.0375. The summed E-state index contributed by atoms with van der Waals surface area (Å²) in [6.45, 7) is 4.69. The molecule has 1 aliphatic rings. The van der Waals surface area contributed by atoms with E-state index in [-0.39, 0.29) is 12.0 Å². The van der Waals surface area contributed by atoms with Gasteiger partial charge in [-0.05, 0) is 26.2 Å². The lowest BCUT2D eigenvalue weighted by molar-refractivity contribution is -0.148. The molecule has 0 aromatic carbocycles. The first-order chi connectivity index (χ1) is 8.45. The van der Waals surface area contributed by atoms with E-state index in [9.17, 15) is 14.7 Å². The Morgan fingerprint density at radius 1 is 1.50 bits per heavy atom. The lowest BCUT2D eigenvalue weighted by Crippen LogP contribution is -2.36. The number of carboxylic acid groups (broad SMARTS) is 1. The largest absolute Gasteiger partial charge is 0.481 e. The highest BCUT2D eigenvalue weighted by atomic mass is 16.5. The zero-order valence-corrected chi connectivity index (χ0v) is 11.4. The second-order valence-corrected chi connectivity index (χ2v) is 5.09. The molecule has 18 heavy (non-hydrogen) atoms. The lowest BCUT2D eigenvalue weighted by Gasteiger charge is -2.23. The third-order valence-electron chi connectivity index (χ3n) is 4.00. The molecule has 1 aliphatic heterocycles. The van der Waals surface area contributed by atoms with Crippen molar-refractivity contribution in [2.24, 2.45) is 5.41 Å². The number of amides is 1. The van der Waals surface area contributed by atoms with Crippen LogP contribution < -0.4 is 0 Å². The highest BCUT2D eigenvalue weighted by molar-refractivity contribution is 5.80. The monoisotopic (exact) mass is 257 g/mol. The third kappa shape index (κ3) is 3.22. The predicted molar refractivity (Wildman–Crippen MR) is 67.3 cm³/mol. The maximum Gasteiger partial charge on any atom is 0.311 e. The number of carbonyl (C=O) groups excluding carboxylic acids is 1. The number of hydrogen-bond donors (Lipinski definition) is 1. The van der Waals surface area contributed by atoms with Crippen LogP contribution in [0.1, 0.15) is 39.5 Å². The average molecular weight is 257 g/mol. The Morgan fingerprint density at radius 3 is 2.61 bits per heavy atom. The molecule has 1 saturated heterocycles. The van der Waals surface area contributed by atoms with Crippen LogP contribution in [0.5, 0.6) is 0 Å². The number of rotatable bonds is 6. The number of nitrogens with zero attached hydrogens (tertiary/aromatic N) is 1. The van der Waals surface area contributed by atoms with Gasteiger partial charge in [0.15, 0.2) is 0 Å². The van der Waals surface area contributed by atoms with Crippen molar-refractivity contribution in [2.75, 3.05) is 20.2 Å². The first-order valence-electron chi connectivity index (χ1n) is 6.49. The Labute approximate surface area is 108 Å². The SMILES string of the molecule is CCC1(C(=O)O)CCN(C(=O)CCC(C)OC)C1. The maximum atomic E-state index is 12.0. The second kappa shape index (κ2) is 6.18. The third-order valence-corrected chi connectivity index (χ3v) is 4.00. The number of carboxylic acids is 1. The second-order valence-electron chi connectivity index (χ2n) is 5.09. The van der Waals surface area contributed by atoms with Gasteiger partial charge in [0.1, 0.15) is 0 Å². The predicted octanol–water partition coefficient (Wildman–Crippen LogP) is 1.51. The summed E-state index contributed by atoms with van der Waals surface area (Å²) < 4.78 is 5.10. The average Bonchev–Trinajstić information content (AvgIpc) is 2.81. The van der Waals surface area contributed by atoms with Gasteiger partial charge in [-0.2, -0.15) is 0 Å². The van der Waals surface area contributed by atoms with Gasteiger partial charge in [0.05, 0.1) is 11.5 Å². The summed E-state index contributed by atoms with van der Waals surface area (Å²) in [5.41, 5.74) is -0.734. The van der Waals surface area contributed by atoms with Crippen LogP contribution in [0.4, 0.5) is 0 Å². The van der Waals surface area contributed by atoms with Gasteiger partial charge in [-0.3, -0.25) is 9.59 Å². The molecule has 1 N–H and O–H groups in total. The normalized spacial score (nSPS) is 25.2. The quantitative estimate of drug-likeness (QED) is 0.783. The van der Waals surface area contributed by atoms with Crippen LogP contribution in [0.3, 0.4) is 0 Å². The van der Waals surface area contributed by atoms with Crippen molar-refractivity contribution in [3.05, 3.63) is 0 Å². The Kier molecular flexibility index (Phi) is 5.14. The molecule has 2 unspecified atom stereocenters. The van der Waals surface area contributed by atoms with E-state index in [1.54, 1.807) is 12.0 Å². The first kappa shape index (κ1) is 15.0. The molecule has 0 spiro atoms. The Hall–Kier alpha value is -1.10. The van der Waals surface area contributed by atoms with E-state index in [1.165, 1.54) is 0 Å². The van der Waals surface area contributed by atoms with E-state index in [1.807, 2.05) is 13.8 Å². The van der Waals surface area contributed by atoms with E-state index in [0.29, 0.717) is 38.8 Å². The van der Waals surface area contributed by atoms with Crippen molar-refractivity contribution in [3.63, 3.8) is 0 Å². The molecule has 1 fully saturated rings. The molecule has 0 aromatic heterocycles. The Morgan fingerprint density at radius 2 is 2.17 bits per heavy atom. The molecule has 5 heteroatoms. The van der Waals surface area contributed by atoms with Crippen molar-refractivity contribution in [2.45, 2.75) is 45.6 Å². The molecular formula is C13H23NO4. The van der Waals surface area contributed by atoms with Crippen LogP contribution in [0.25, 0.3) is 0 Å². The number of aliphatic carboxylic acids is 1. The summed E-state index contributed by atoms with van der Waals surface area (Å²) in [7, 11) is 1.62. The molecule has 1 heterocycles. The van der Waals surface area contributed by atoms with E-state index >= 15 is 0 Å². The molecule has 0 radical (unpaired) electrons. The van der Waals surface area contributed by atoms with Gasteiger partial charge in [-0.25, -0.2) is 0 Å². The standard InChI is InChI=1S/C13H23NO4/c1-4-13(12(16)17)7-8-14(9-13)11(15)6-5-10(2)18-3/h10H,4-9H2,1-3H3,(H,16,17). The van der Waals surface area contributed by atoms with Gasteiger partial charge in [0.2, 0.25) is 5.91 Å². The van der Waals surface area contributed by atoms with E-state index in [2.05, 4.69) is 0 Å².